The van der Waals surface area contributed by atoms with Crippen molar-refractivity contribution in [3.8, 4) is 11.8 Å². The molecule has 0 saturated carbocycles. The van der Waals surface area contributed by atoms with Crippen molar-refractivity contribution in [3.63, 3.8) is 0 Å². The normalized spacial score (nSPS) is 17.2. The summed E-state index contributed by atoms with van der Waals surface area (Å²) in [6.07, 6.45) is 1.26. The minimum Gasteiger partial charge on any atom is -0.484 e. The number of benzene rings is 2. The molecule has 0 bridgehead atoms. The summed E-state index contributed by atoms with van der Waals surface area (Å²) in [5.74, 6) is 0.576. The van der Waals surface area contributed by atoms with E-state index in [0.29, 0.717) is 48.1 Å². The van der Waals surface area contributed by atoms with Crippen molar-refractivity contribution in [3.05, 3.63) is 57.6 Å². The van der Waals surface area contributed by atoms with E-state index >= 15 is 0 Å². The first-order valence-electron chi connectivity index (χ1n) is 12.0. The molecular weight excluding hydrogens is 502 g/mol. The number of hydrogen-bond donors (Lipinski definition) is 1. The van der Waals surface area contributed by atoms with Gasteiger partial charge in [0.25, 0.3) is 0 Å². The predicted molar refractivity (Wildman–Crippen MR) is 139 cm³/mol. The van der Waals surface area contributed by atoms with Gasteiger partial charge in [0.05, 0.1) is 42.4 Å². The van der Waals surface area contributed by atoms with E-state index in [1.165, 1.54) is 6.07 Å². The number of hydrogen-bond acceptors (Lipinski definition) is 7. The summed E-state index contributed by atoms with van der Waals surface area (Å²) in [5.41, 5.74) is 3.06. The molecule has 0 heterocycles. The van der Waals surface area contributed by atoms with Gasteiger partial charge in [-0.05, 0) is 80.9 Å². The van der Waals surface area contributed by atoms with Gasteiger partial charge in [-0.3, -0.25) is 0 Å². The van der Waals surface area contributed by atoms with Gasteiger partial charge < -0.3 is 19.1 Å². The molecule has 1 N–H and O–H groups in total. The average Bonchev–Trinajstić information content (AvgIpc) is 3.19. The van der Waals surface area contributed by atoms with Crippen LogP contribution < -0.4 is 9.46 Å². The second-order valence-corrected chi connectivity index (χ2v) is 11.2. The van der Waals surface area contributed by atoms with Gasteiger partial charge in [0.1, 0.15) is 11.9 Å². The molecule has 3 rings (SSSR count). The van der Waals surface area contributed by atoms with E-state index in [9.17, 15) is 13.7 Å². The highest BCUT2D eigenvalue weighted by molar-refractivity contribution is 7.89. The Hall–Kier alpha value is -2.19. The van der Waals surface area contributed by atoms with E-state index in [4.69, 9.17) is 25.8 Å². The smallest absolute Gasteiger partial charge is 0.240 e. The quantitative estimate of drug-likeness (QED) is 0.389. The average molecular weight is 536 g/mol. The third-order valence-electron chi connectivity index (χ3n) is 6.07. The molecule has 2 aromatic carbocycles. The van der Waals surface area contributed by atoms with Gasteiger partial charge in [0.2, 0.25) is 10.0 Å². The van der Waals surface area contributed by atoms with Crippen LogP contribution in [0.15, 0.2) is 35.2 Å². The summed E-state index contributed by atoms with van der Waals surface area (Å²) in [6.45, 7) is 5.87. The van der Waals surface area contributed by atoms with Gasteiger partial charge in [-0.25, -0.2) is 13.1 Å². The van der Waals surface area contributed by atoms with Crippen molar-refractivity contribution in [2.24, 2.45) is 0 Å². The topological polar surface area (TPSA) is 101 Å². The fourth-order valence-electron chi connectivity index (χ4n) is 4.21. The molecule has 1 aliphatic carbocycles. The van der Waals surface area contributed by atoms with Gasteiger partial charge in [-0.2, -0.15) is 5.26 Å². The molecule has 0 fully saturated rings. The van der Waals surface area contributed by atoms with Crippen LogP contribution in [0.25, 0.3) is 0 Å². The maximum Gasteiger partial charge on any atom is 0.240 e. The van der Waals surface area contributed by atoms with Gasteiger partial charge in [0.15, 0.2) is 0 Å². The Bertz CT molecular complexity index is 1200. The van der Waals surface area contributed by atoms with E-state index in [2.05, 4.69) is 15.7 Å². The molecule has 36 heavy (non-hydrogen) atoms. The predicted octanol–water partition coefficient (Wildman–Crippen LogP) is 3.85. The molecule has 0 spiro atoms. The second-order valence-electron chi connectivity index (χ2n) is 8.96. The van der Waals surface area contributed by atoms with Crippen LogP contribution in [0.4, 0.5) is 0 Å². The van der Waals surface area contributed by atoms with Crippen LogP contribution in [-0.4, -0.2) is 66.4 Å². The van der Waals surface area contributed by atoms with Crippen LogP contribution in [0.5, 0.6) is 5.75 Å². The van der Waals surface area contributed by atoms with E-state index in [1.54, 1.807) is 18.2 Å². The Balaban J connectivity index is 1.69. The molecule has 2 atom stereocenters. The number of halogens is 1. The highest BCUT2D eigenvalue weighted by Gasteiger charge is 2.38. The number of rotatable bonds is 13. The van der Waals surface area contributed by atoms with Crippen LogP contribution in [0.2, 0.25) is 5.02 Å². The maximum atomic E-state index is 12.7. The molecular formula is C26H34ClN3O5S. The van der Waals surface area contributed by atoms with Crippen LogP contribution in [-0.2, 0) is 25.9 Å². The third kappa shape index (κ3) is 6.97. The number of ether oxygens (including phenoxy) is 3. The SMILES string of the molecule is CCCOCCOCCNS(=O)(=O)c1ccc(O[C@H]2c3cc(Cl)cc(C#N)c3C[C@@H]2N(C)C)c(C)c1. The summed E-state index contributed by atoms with van der Waals surface area (Å²) in [4.78, 5) is 2.22. The Morgan fingerprint density at radius 3 is 2.50 bits per heavy atom. The fraction of sp³-hybridized carbons (Fsp3) is 0.500. The lowest BCUT2D eigenvalue weighted by Crippen LogP contribution is -2.34. The molecule has 196 valence electrons. The Labute approximate surface area is 219 Å². The Kier molecular flexibility index (Phi) is 10.1. The number of nitrogens with zero attached hydrogens (tertiary/aromatic N) is 2. The van der Waals surface area contributed by atoms with Gasteiger partial charge in [-0.15, -0.1) is 0 Å². The lowest BCUT2D eigenvalue weighted by molar-refractivity contribution is 0.0502. The first-order chi connectivity index (χ1) is 17.2. The monoisotopic (exact) mass is 535 g/mol. The highest BCUT2D eigenvalue weighted by atomic mass is 35.5. The van der Waals surface area contributed by atoms with Crippen LogP contribution in [0.1, 0.15) is 41.7 Å². The first-order valence-corrected chi connectivity index (χ1v) is 13.8. The van der Waals surface area contributed by atoms with Crippen molar-refractivity contribution in [2.45, 2.75) is 43.7 Å². The number of sulfonamides is 1. The van der Waals surface area contributed by atoms with Crippen molar-refractivity contribution in [2.75, 3.05) is 47.1 Å². The lowest BCUT2D eigenvalue weighted by atomic mass is 10.0. The summed E-state index contributed by atoms with van der Waals surface area (Å²) >= 11 is 6.29. The van der Waals surface area contributed by atoms with Crippen LogP contribution >= 0.6 is 11.6 Å². The summed E-state index contributed by atoms with van der Waals surface area (Å²) in [5, 5.41) is 10.1. The van der Waals surface area contributed by atoms with E-state index < -0.39 is 10.0 Å². The zero-order valence-corrected chi connectivity index (χ0v) is 22.8. The molecule has 2 aromatic rings. The zero-order chi connectivity index (χ0) is 26.3. The molecule has 0 aliphatic heterocycles. The Morgan fingerprint density at radius 1 is 1.14 bits per heavy atom. The van der Waals surface area contributed by atoms with Crippen LogP contribution in [0, 0.1) is 18.3 Å². The van der Waals surface area contributed by atoms with Crippen LogP contribution in [0.3, 0.4) is 0 Å². The molecule has 8 nitrogen and oxygen atoms in total. The second kappa shape index (κ2) is 12.9. The lowest BCUT2D eigenvalue weighted by Gasteiger charge is -2.28. The summed E-state index contributed by atoms with van der Waals surface area (Å²) < 4.78 is 45.2. The largest absolute Gasteiger partial charge is 0.484 e. The van der Waals surface area contributed by atoms with E-state index in [0.717, 1.165) is 17.5 Å². The standard InChI is InChI=1S/C26H34ClN3O5S/c1-5-9-33-11-12-34-10-8-29-36(31,32)21-6-7-25(18(2)13-21)35-26-23-15-20(27)14-19(17-28)22(23)16-24(26)30(3)4/h6-7,13-15,24,26,29H,5,8-12,16H2,1-4H3/t24-,26-/m0/s1. The summed E-state index contributed by atoms with van der Waals surface area (Å²) in [6, 6.07) is 10.6. The van der Waals surface area contributed by atoms with Crippen molar-refractivity contribution in [1.29, 1.82) is 5.26 Å². The highest BCUT2D eigenvalue weighted by Crippen LogP contribution is 2.41. The molecule has 10 heteroatoms. The van der Waals surface area contributed by atoms with E-state index in [1.807, 2.05) is 34.0 Å². The Morgan fingerprint density at radius 2 is 1.86 bits per heavy atom. The van der Waals surface area contributed by atoms with Crippen molar-refractivity contribution >= 4 is 21.6 Å². The number of likely N-dealkylation sites (N-methyl/N-ethyl adjacent to an activating group) is 1. The fourth-order valence-corrected chi connectivity index (χ4v) is 5.54. The molecule has 0 unspecified atom stereocenters. The first kappa shape index (κ1) is 28.4. The van der Waals surface area contributed by atoms with Crippen molar-refractivity contribution in [1.82, 2.24) is 9.62 Å². The number of aryl methyl sites for hydroxylation is 1. The zero-order valence-electron chi connectivity index (χ0n) is 21.2. The van der Waals surface area contributed by atoms with Gasteiger partial charge in [-0.1, -0.05) is 18.5 Å². The van der Waals surface area contributed by atoms with E-state index in [-0.39, 0.29) is 30.2 Å². The molecule has 0 radical (unpaired) electrons. The minimum atomic E-state index is -3.69. The van der Waals surface area contributed by atoms with Crippen molar-refractivity contribution < 1.29 is 22.6 Å². The van der Waals surface area contributed by atoms with Gasteiger partial charge in [0, 0.05) is 18.2 Å². The summed E-state index contributed by atoms with van der Waals surface area (Å²) in [7, 11) is 0.244. The molecule has 0 amide bonds. The molecule has 0 saturated heterocycles. The minimum absolute atomic E-state index is 0.00224. The number of fused-ring (bicyclic) bond motifs is 1. The number of nitriles is 1. The maximum absolute atomic E-state index is 12.7. The molecule has 1 aliphatic rings. The number of nitrogens with one attached hydrogen (secondary N) is 1. The third-order valence-corrected chi connectivity index (χ3v) is 7.75. The van der Waals surface area contributed by atoms with Gasteiger partial charge >= 0.3 is 0 Å². The molecule has 0 aromatic heterocycles.